The van der Waals surface area contributed by atoms with E-state index in [0.29, 0.717) is 5.82 Å². The van der Waals surface area contributed by atoms with Crippen LogP contribution in [0.1, 0.15) is 23.5 Å². The third kappa shape index (κ3) is 1.77. The maximum absolute atomic E-state index is 11.8. The molecule has 0 saturated carbocycles. The number of aromatic amines is 1. The van der Waals surface area contributed by atoms with Gasteiger partial charge in [0.25, 0.3) is 5.91 Å². The first-order chi connectivity index (χ1) is 6.77. The number of nitrogens with zero attached hydrogens (tertiary/aromatic N) is 2. The standard InChI is InChI=1S/C9H14N4O/c10-7-1-5-13(6-2-7)9(14)8-11-3-4-12-8/h3-4,7H,1-2,5-6,10H2,(H,11,12). The number of imidazole rings is 1. The molecule has 1 aliphatic heterocycles. The van der Waals surface area contributed by atoms with E-state index < -0.39 is 0 Å². The minimum atomic E-state index is -0.0260. The predicted molar refractivity (Wildman–Crippen MR) is 51.7 cm³/mol. The van der Waals surface area contributed by atoms with E-state index in [-0.39, 0.29) is 11.9 Å². The van der Waals surface area contributed by atoms with Gasteiger partial charge in [0.15, 0.2) is 5.82 Å². The Morgan fingerprint density at radius 1 is 1.57 bits per heavy atom. The van der Waals surface area contributed by atoms with Crippen molar-refractivity contribution in [1.82, 2.24) is 14.9 Å². The van der Waals surface area contributed by atoms with Gasteiger partial charge in [-0.25, -0.2) is 4.98 Å². The van der Waals surface area contributed by atoms with Gasteiger partial charge in [-0.1, -0.05) is 0 Å². The lowest BCUT2D eigenvalue weighted by molar-refractivity contribution is 0.0703. The molecular weight excluding hydrogens is 180 g/mol. The molecule has 0 aliphatic carbocycles. The molecule has 2 heterocycles. The molecule has 1 aromatic rings. The zero-order chi connectivity index (χ0) is 9.97. The Kier molecular flexibility index (Phi) is 2.49. The average molecular weight is 194 g/mol. The second kappa shape index (κ2) is 3.79. The van der Waals surface area contributed by atoms with Crippen molar-refractivity contribution in [2.45, 2.75) is 18.9 Å². The molecule has 1 fully saturated rings. The molecule has 1 amide bonds. The van der Waals surface area contributed by atoms with Crippen LogP contribution in [-0.4, -0.2) is 39.9 Å². The maximum atomic E-state index is 11.8. The topological polar surface area (TPSA) is 75.0 Å². The Balaban J connectivity index is 1.99. The largest absolute Gasteiger partial charge is 0.341 e. The number of nitrogens with one attached hydrogen (secondary N) is 1. The van der Waals surface area contributed by atoms with Crippen LogP contribution in [0.3, 0.4) is 0 Å². The summed E-state index contributed by atoms with van der Waals surface area (Å²) in [4.78, 5) is 20.3. The Labute approximate surface area is 82.3 Å². The van der Waals surface area contributed by atoms with Crippen molar-refractivity contribution in [3.05, 3.63) is 18.2 Å². The van der Waals surface area contributed by atoms with Gasteiger partial charge in [-0.15, -0.1) is 0 Å². The summed E-state index contributed by atoms with van der Waals surface area (Å²) in [6.45, 7) is 1.47. The minimum absolute atomic E-state index is 0.0260. The number of carbonyl (C=O) groups excluding carboxylic acids is 1. The smallest absolute Gasteiger partial charge is 0.289 e. The van der Waals surface area contributed by atoms with Crippen molar-refractivity contribution >= 4 is 5.91 Å². The Bertz CT molecular complexity index is 301. The zero-order valence-electron chi connectivity index (χ0n) is 7.94. The Hall–Kier alpha value is -1.36. The number of hydrogen-bond acceptors (Lipinski definition) is 3. The van der Waals surface area contributed by atoms with Crippen LogP contribution in [-0.2, 0) is 0 Å². The molecule has 1 aliphatic rings. The second-order valence-corrected chi connectivity index (χ2v) is 3.57. The van der Waals surface area contributed by atoms with Gasteiger partial charge >= 0.3 is 0 Å². The van der Waals surface area contributed by atoms with Crippen molar-refractivity contribution < 1.29 is 4.79 Å². The van der Waals surface area contributed by atoms with Crippen molar-refractivity contribution in [3.8, 4) is 0 Å². The van der Waals surface area contributed by atoms with E-state index in [1.807, 2.05) is 0 Å². The fraction of sp³-hybridized carbons (Fsp3) is 0.556. The third-order valence-electron chi connectivity index (χ3n) is 2.53. The van der Waals surface area contributed by atoms with Gasteiger partial charge in [-0.05, 0) is 12.8 Å². The molecule has 5 heteroatoms. The lowest BCUT2D eigenvalue weighted by Gasteiger charge is -2.29. The first-order valence-corrected chi connectivity index (χ1v) is 4.81. The molecule has 0 atom stereocenters. The number of carbonyl (C=O) groups is 1. The van der Waals surface area contributed by atoms with Crippen molar-refractivity contribution in [2.75, 3.05) is 13.1 Å². The Morgan fingerprint density at radius 2 is 2.29 bits per heavy atom. The summed E-state index contributed by atoms with van der Waals surface area (Å²) in [6, 6.07) is 0.246. The second-order valence-electron chi connectivity index (χ2n) is 3.57. The van der Waals surface area contributed by atoms with Crippen LogP contribution < -0.4 is 5.73 Å². The van der Waals surface area contributed by atoms with E-state index in [9.17, 15) is 4.79 Å². The van der Waals surface area contributed by atoms with Crippen LogP contribution in [0.5, 0.6) is 0 Å². The molecule has 5 nitrogen and oxygen atoms in total. The molecule has 0 aromatic carbocycles. The molecule has 0 bridgehead atoms. The number of hydrogen-bond donors (Lipinski definition) is 2. The lowest BCUT2D eigenvalue weighted by atomic mass is 10.1. The van der Waals surface area contributed by atoms with Gasteiger partial charge < -0.3 is 15.6 Å². The minimum Gasteiger partial charge on any atom is -0.341 e. The highest BCUT2D eigenvalue weighted by Crippen LogP contribution is 2.10. The first kappa shape index (κ1) is 9.21. The SMILES string of the molecule is NC1CCN(C(=O)c2ncc[nH]2)CC1. The van der Waals surface area contributed by atoms with Gasteiger partial charge in [0.2, 0.25) is 0 Å². The van der Waals surface area contributed by atoms with Crippen molar-refractivity contribution in [1.29, 1.82) is 0 Å². The van der Waals surface area contributed by atoms with E-state index in [4.69, 9.17) is 5.73 Å². The van der Waals surface area contributed by atoms with Crippen molar-refractivity contribution in [3.63, 3.8) is 0 Å². The molecule has 1 saturated heterocycles. The predicted octanol–water partition coefficient (Wildman–Crippen LogP) is -0.0270. The maximum Gasteiger partial charge on any atom is 0.289 e. The van der Waals surface area contributed by atoms with Crippen LogP contribution in [0.25, 0.3) is 0 Å². The number of aromatic nitrogens is 2. The normalized spacial score (nSPS) is 18.5. The summed E-state index contributed by atoms with van der Waals surface area (Å²) < 4.78 is 0. The van der Waals surface area contributed by atoms with Crippen LogP contribution in [0, 0.1) is 0 Å². The highest BCUT2D eigenvalue weighted by Gasteiger charge is 2.22. The molecule has 0 spiro atoms. The van der Waals surface area contributed by atoms with Crippen molar-refractivity contribution in [2.24, 2.45) is 5.73 Å². The zero-order valence-corrected chi connectivity index (χ0v) is 7.94. The number of likely N-dealkylation sites (tertiary alicyclic amines) is 1. The summed E-state index contributed by atoms with van der Waals surface area (Å²) in [5.74, 6) is 0.391. The molecular formula is C9H14N4O. The average Bonchev–Trinajstić information content (AvgIpc) is 2.71. The molecule has 0 radical (unpaired) electrons. The van der Waals surface area contributed by atoms with Crippen LogP contribution >= 0.6 is 0 Å². The van der Waals surface area contributed by atoms with E-state index in [0.717, 1.165) is 25.9 Å². The van der Waals surface area contributed by atoms with Gasteiger partial charge in [0, 0.05) is 31.5 Å². The molecule has 1 aromatic heterocycles. The summed E-state index contributed by atoms with van der Waals surface area (Å²) >= 11 is 0. The third-order valence-corrected chi connectivity index (χ3v) is 2.53. The molecule has 14 heavy (non-hydrogen) atoms. The summed E-state index contributed by atoms with van der Waals surface area (Å²) in [6.07, 6.45) is 5.00. The molecule has 3 N–H and O–H groups in total. The first-order valence-electron chi connectivity index (χ1n) is 4.81. The summed E-state index contributed by atoms with van der Waals surface area (Å²) in [5.41, 5.74) is 5.75. The van der Waals surface area contributed by atoms with E-state index in [2.05, 4.69) is 9.97 Å². The summed E-state index contributed by atoms with van der Waals surface area (Å²) in [5, 5.41) is 0. The summed E-state index contributed by atoms with van der Waals surface area (Å²) in [7, 11) is 0. The van der Waals surface area contributed by atoms with Gasteiger partial charge in [0.1, 0.15) is 0 Å². The molecule has 76 valence electrons. The fourth-order valence-corrected chi connectivity index (χ4v) is 1.63. The highest BCUT2D eigenvalue weighted by atomic mass is 16.2. The lowest BCUT2D eigenvalue weighted by Crippen LogP contribution is -2.43. The number of rotatable bonds is 1. The van der Waals surface area contributed by atoms with Crippen LogP contribution in [0.15, 0.2) is 12.4 Å². The van der Waals surface area contributed by atoms with Crippen LogP contribution in [0.4, 0.5) is 0 Å². The van der Waals surface area contributed by atoms with E-state index >= 15 is 0 Å². The number of piperidine rings is 1. The van der Waals surface area contributed by atoms with E-state index in [1.54, 1.807) is 17.3 Å². The highest BCUT2D eigenvalue weighted by molar-refractivity contribution is 5.90. The quantitative estimate of drug-likeness (QED) is 0.659. The van der Waals surface area contributed by atoms with E-state index in [1.165, 1.54) is 0 Å². The number of nitrogens with two attached hydrogens (primary N) is 1. The van der Waals surface area contributed by atoms with Gasteiger partial charge in [0.05, 0.1) is 0 Å². The molecule has 2 rings (SSSR count). The van der Waals surface area contributed by atoms with Crippen LogP contribution in [0.2, 0.25) is 0 Å². The Morgan fingerprint density at radius 3 is 2.86 bits per heavy atom. The fourth-order valence-electron chi connectivity index (χ4n) is 1.63. The molecule has 0 unspecified atom stereocenters. The van der Waals surface area contributed by atoms with Gasteiger partial charge in [-0.3, -0.25) is 4.79 Å². The monoisotopic (exact) mass is 194 g/mol. The van der Waals surface area contributed by atoms with Gasteiger partial charge in [-0.2, -0.15) is 0 Å². The number of amides is 1. The number of H-pyrrole nitrogens is 1.